The lowest BCUT2D eigenvalue weighted by Gasteiger charge is -2.11. The second-order valence-electron chi connectivity index (χ2n) is 3.33. The molecule has 0 saturated carbocycles. The molecular formula is C12H9F2NO. The Labute approximate surface area is 91.2 Å². The van der Waals surface area contributed by atoms with Gasteiger partial charge in [-0.15, -0.1) is 0 Å². The summed E-state index contributed by atoms with van der Waals surface area (Å²) in [4.78, 5) is 3.81. The van der Waals surface area contributed by atoms with Crippen molar-refractivity contribution >= 4 is 0 Å². The maximum atomic E-state index is 13.4. The molecule has 0 aliphatic rings. The third-order valence-electron chi connectivity index (χ3n) is 2.28. The van der Waals surface area contributed by atoms with Crippen LogP contribution in [0.25, 0.3) is 0 Å². The molecule has 2 rings (SSSR count). The van der Waals surface area contributed by atoms with Crippen LogP contribution in [0.5, 0.6) is 0 Å². The molecule has 4 heteroatoms. The van der Waals surface area contributed by atoms with Gasteiger partial charge in [-0.1, -0.05) is 18.2 Å². The van der Waals surface area contributed by atoms with Gasteiger partial charge >= 0.3 is 0 Å². The number of aliphatic hydroxyl groups is 1. The van der Waals surface area contributed by atoms with Crippen LogP contribution in [0.15, 0.2) is 42.7 Å². The van der Waals surface area contributed by atoms with E-state index in [-0.39, 0.29) is 5.56 Å². The van der Waals surface area contributed by atoms with E-state index in [9.17, 15) is 13.9 Å². The highest BCUT2D eigenvalue weighted by atomic mass is 19.2. The lowest BCUT2D eigenvalue weighted by Crippen LogP contribution is -2.04. The Morgan fingerprint density at radius 1 is 1.12 bits per heavy atom. The van der Waals surface area contributed by atoms with Crippen LogP contribution >= 0.6 is 0 Å². The summed E-state index contributed by atoms with van der Waals surface area (Å²) in [7, 11) is 0. The number of nitrogens with zero attached hydrogens (tertiary/aromatic N) is 1. The number of pyridine rings is 1. The number of aliphatic hydroxyl groups excluding tert-OH is 1. The second-order valence-corrected chi connectivity index (χ2v) is 3.33. The van der Waals surface area contributed by atoms with E-state index in [4.69, 9.17) is 0 Å². The van der Waals surface area contributed by atoms with Gasteiger partial charge in [-0.2, -0.15) is 0 Å². The van der Waals surface area contributed by atoms with E-state index in [1.54, 1.807) is 12.1 Å². The minimum Gasteiger partial charge on any atom is -0.383 e. The van der Waals surface area contributed by atoms with Gasteiger partial charge < -0.3 is 5.11 Å². The Morgan fingerprint density at radius 2 is 1.94 bits per heavy atom. The van der Waals surface area contributed by atoms with Crippen molar-refractivity contribution in [3.63, 3.8) is 0 Å². The van der Waals surface area contributed by atoms with Crippen molar-refractivity contribution in [3.05, 3.63) is 65.5 Å². The van der Waals surface area contributed by atoms with Gasteiger partial charge in [-0.05, 0) is 12.1 Å². The third kappa shape index (κ3) is 1.92. The highest BCUT2D eigenvalue weighted by Gasteiger charge is 2.17. The van der Waals surface area contributed by atoms with Crippen LogP contribution in [-0.2, 0) is 0 Å². The van der Waals surface area contributed by atoms with Crippen LogP contribution in [0, 0.1) is 11.6 Å². The number of hydrogen-bond donors (Lipinski definition) is 1. The molecule has 82 valence electrons. The maximum absolute atomic E-state index is 13.4. The van der Waals surface area contributed by atoms with Crippen molar-refractivity contribution in [2.24, 2.45) is 0 Å². The van der Waals surface area contributed by atoms with E-state index < -0.39 is 17.7 Å². The summed E-state index contributed by atoms with van der Waals surface area (Å²) in [5, 5.41) is 9.85. The maximum Gasteiger partial charge on any atom is 0.164 e. The summed E-state index contributed by atoms with van der Waals surface area (Å²) >= 11 is 0. The molecule has 1 atom stereocenters. The van der Waals surface area contributed by atoms with Gasteiger partial charge in [-0.3, -0.25) is 4.98 Å². The summed E-state index contributed by atoms with van der Waals surface area (Å²) in [6.07, 6.45) is 1.75. The molecule has 0 spiro atoms. The van der Waals surface area contributed by atoms with Crippen molar-refractivity contribution in [2.45, 2.75) is 6.10 Å². The fourth-order valence-corrected chi connectivity index (χ4v) is 1.45. The Kier molecular flexibility index (Phi) is 2.92. The van der Waals surface area contributed by atoms with E-state index in [1.807, 2.05) is 0 Å². The predicted molar refractivity (Wildman–Crippen MR) is 54.7 cm³/mol. The average molecular weight is 221 g/mol. The topological polar surface area (TPSA) is 33.1 Å². The van der Waals surface area contributed by atoms with Crippen molar-refractivity contribution in [2.75, 3.05) is 0 Å². The minimum absolute atomic E-state index is 0.0898. The number of aromatic nitrogens is 1. The number of rotatable bonds is 2. The number of benzene rings is 1. The van der Waals surface area contributed by atoms with Crippen molar-refractivity contribution in [1.29, 1.82) is 0 Å². The van der Waals surface area contributed by atoms with E-state index >= 15 is 0 Å². The molecule has 0 fully saturated rings. The van der Waals surface area contributed by atoms with Gasteiger partial charge in [0.15, 0.2) is 11.6 Å². The zero-order valence-electron chi connectivity index (χ0n) is 8.27. The van der Waals surface area contributed by atoms with Gasteiger partial charge in [0.05, 0.1) is 0 Å². The standard InChI is InChI=1S/C12H9F2NO/c13-10-5-1-4-9(11(10)14)12(16)8-3-2-6-15-7-8/h1-7,12,16H. The van der Waals surface area contributed by atoms with Crippen molar-refractivity contribution < 1.29 is 13.9 Å². The number of halogens is 2. The third-order valence-corrected chi connectivity index (χ3v) is 2.28. The van der Waals surface area contributed by atoms with Crippen LogP contribution in [0.3, 0.4) is 0 Å². The molecule has 0 bridgehead atoms. The molecule has 1 heterocycles. The van der Waals surface area contributed by atoms with E-state index in [0.29, 0.717) is 5.56 Å². The molecule has 16 heavy (non-hydrogen) atoms. The summed E-state index contributed by atoms with van der Waals surface area (Å²) < 4.78 is 26.3. The first-order valence-electron chi connectivity index (χ1n) is 4.72. The highest BCUT2D eigenvalue weighted by Crippen LogP contribution is 2.24. The van der Waals surface area contributed by atoms with Gasteiger partial charge in [0.1, 0.15) is 6.10 Å². The molecule has 1 unspecified atom stereocenters. The van der Waals surface area contributed by atoms with Crippen LogP contribution in [0.2, 0.25) is 0 Å². The lowest BCUT2D eigenvalue weighted by atomic mass is 10.0. The molecule has 2 nitrogen and oxygen atoms in total. The summed E-state index contributed by atoms with van der Waals surface area (Å²) in [5.41, 5.74) is 0.333. The van der Waals surface area contributed by atoms with Crippen LogP contribution in [0.1, 0.15) is 17.2 Å². The highest BCUT2D eigenvalue weighted by molar-refractivity contribution is 5.29. The average Bonchev–Trinajstić information content (AvgIpc) is 2.33. The fourth-order valence-electron chi connectivity index (χ4n) is 1.45. The van der Waals surface area contributed by atoms with Crippen LogP contribution in [-0.4, -0.2) is 10.1 Å². The van der Waals surface area contributed by atoms with E-state index in [0.717, 1.165) is 6.07 Å². The molecule has 0 radical (unpaired) electrons. The molecule has 2 aromatic rings. The molecule has 0 saturated heterocycles. The Balaban J connectivity index is 2.42. The summed E-state index contributed by atoms with van der Waals surface area (Å²) in [5.74, 6) is -2.00. The Hall–Kier alpha value is -1.81. The van der Waals surface area contributed by atoms with Crippen LogP contribution in [0.4, 0.5) is 8.78 Å². The summed E-state index contributed by atoms with van der Waals surface area (Å²) in [6, 6.07) is 6.93. The predicted octanol–water partition coefficient (Wildman–Crippen LogP) is 2.44. The largest absolute Gasteiger partial charge is 0.383 e. The smallest absolute Gasteiger partial charge is 0.164 e. The Morgan fingerprint density at radius 3 is 2.62 bits per heavy atom. The molecule has 0 aliphatic carbocycles. The zero-order valence-corrected chi connectivity index (χ0v) is 8.27. The van der Waals surface area contributed by atoms with Crippen LogP contribution < -0.4 is 0 Å². The quantitative estimate of drug-likeness (QED) is 0.844. The molecule has 1 aromatic carbocycles. The van der Waals surface area contributed by atoms with Gasteiger partial charge in [0.25, 0.3) is 0 Å². The first-order valence-corrected chi connectivity index (χ1v) is 4.72. The van der Waals surface area contributed by atoms with E-state index in [1.165, 1.54) is 24.5 Å². The first-order chi connectivity index (χ1) is 7.70. The lowest BCUT2D eigenvalue weighted by molar-refractivity contribution is 0.213. The summed E-state index contributed by atoms with van der Waals surface area (Å²) in [6.45, 7) is 0. The fraction of sp³-hybridized carbons (Fsp3) is 0.0833. The van der Waals surface area contributed by atoms with Crippen molar-refractivity contribution in [3.8, 4) is 0 Å². The zero-order chi connectivity index (χ0) is 11.5. The molecule has 0 amide bonds. The molecular weight excluding hydrogens is 212 g/mol. The monoisotopic (exact) mass is 221 g/mol. The van der Waals surface area contributed by atoms with Crippen molar-refractivity contribution in [1.82, 2.24) is 4.98 Å². The molecule has 1 N–H and O–H groups in total. The minimum atomic E-state index is -1.20. The van der Waals surface area contributed by atoms with E-state index in [2.05, 4.69) is 4.98 Å². The Bertz CT molecular complexity index is 488. The molecule has 0 aliphatic heterocycles. The first kappa shape index (κ1) is 10.7. The second kappa shape index (κ2) is 4.37. The van der Waals surface area contributed by atoms with Gasteiger partial charge in [-0.25, -0.2) is 8.78 Å². The molecule has 1 aromatic heterocycles. The number of hydrogen-bond acceptors (Lipinski definition) is 2. The van der Waals surface area contributed by atoms with Gasteiger partial charge in [0, 0.05) is 23.5 Å². The SMILES string of the molecule is OC(c1cccnc1)c1cccc(F)c1F. The normalized spacial score (nSPS) is 12.4. The van der Waals surface area contributed by atoms with Gasteiger partial charge in [0.2, 0.25) is 0 Å².